The smallest absolute Gasteiger partial charge is 0.175 e. The zero-order chi connectivity index (χ0) is 32.4. The molecule has 0 unspecified atom stereocenters. The summed E-state index contributed by atoms with van der Waals surface area (Å²) in [5.74, 6) is 0.116. The Hall–Kier alpha value is -4.70. The van der Waals surface area contributed by atoms with E-state index in [9.17, 15) is 25.9 Å². The van der Waals surface area contributed by atoms with Gasteiger partial charge in [0.1, 0.15) is 47.2 Å². The Morgan fingerprint density at radius 1 is 0.826 bits per heavy atom. The van der Waals surface area contributed by atoms with Gasteiger partial charge in [-0.1, -0.05) is 59.6 Å². The highest BCUT2D eigenvalue weighted by atomic mass is 35.5. The van der Waals surface area contributed by atoms with Crippen molar-refractivity contribution in [1.29, 1.82) is 0 Å². The summed E-state index contributed by atoms with van der Waals surface area (Å²) in [5.41, 5.74) is 0.943. The minimum atomic E-state index is -5.00. The molecule has 1 aliphatic carbocycles. The third kappa shape index (κ3) is 5.40. The highest BCUT2D eigenvalue weighted by Gasteiger charge is 2.30. The number of benzene rings is 5. The Bertz CT molecular complexity index is 2480. The zero-order valence-corrected chi connectivity index (χ0v) is 26.0. The first-order chi connectivity index (χ1) is 21.9. The quantitative estimate of drug-likeness (QED) is 0.141. The Morgan fingerprint density at radius 2 is 1.50 bits per heavy atom. The van der Waals surface area contributed by atoms with E-state index < -0.39 is 30.0 Å². The number of anilines is 4. The van der Waals surface area contributed by atoms with Gasteiger partial charge in [0, 0.05) is 17.8 Å². The molecular weight excluding hydrogens is 679 g/mol. The third-order valence-electron chi connectivity index (χ3n) is 6.90. The van der Waals surface area contributed by atoms with Crippen LogP contribution in [0.1, 0.15) is 0 Å². The summed E-state index contributed by atoms with van der Waals surface area (Å²) in [6, 6.07) is 21.7. The van der Waals surface area contributed by atoms with Crippen molar-refractivity contribution in [3.8, 4) is 23.0 Å². The molecule has 0 saturated carbocycles. The molecular formula is C30H16Cl2N4O8S2-2. The van der Waals surface area contributed by atoms with Gasteiger partial charge in [0.2, 0.25) is 0 Å². The van der Waals surface area contributed by atoms with E-state index >= 15 is 0 Å². The SMILES string of the molecule is O=S(=O)([O-])c1cc2c(cc1Nc1ccccc1)Oc1c(c(Cl)c3oc4cc(=Nc5ccccc5)c(S(=O)(=O)[O-])cc-4nc3c1Cl)N2. The van der Waals surface area contributed by atoms with Gasteiger partial charge in [0.25, 0.3) is 0 Å². The maximum Gasteiger partial charge on any atom is 0.175 e. The Morgan fingerprint density at radius 3 is 2.17 bits per heavy atom. The van der Waals surface area contributed by atoms with Gasteiger partial charge in [-0.05, 0) is 36.4 Å². The van der Waals surface area contributed by atoms with Crippen LogP contribution in [0.5, 0.6) is 11.5 Å². The number of ether oxygens (including phenoxy) is 1. The largest absolute Gasteiger partial charge is 0.744 e. The van der Waals surface area contributed by atoms with Crippen LogP contribution in [0.25, 0.3) is 22.6 Å². The number of halogens is 2. The third-order valence-corrected chi connectivity index (χ3v) is 9.36. The van der Waals surface area contributed by atoms with Gasteiger partial charge in [-0.3, -0.25) is 0 Å². The number of aromatic nitrogens is 1. The molecule has 46 heavy (non-hydrogen) atoms. The molecule has 0 fully saturated rings. The molecule has 0 saturated heterocycles. The maximum atomic E-state index is 12.2. The lowest BCUT2D eigenvalue weighted by Gasteiger charge is -2.26. The molecule has 0 atom stereocenters. The lowest BCUT2D eigenvalue weighted by molar-refractivity contribution is 0.459. The fourth-order valence-electron chi connectivity index (χ4n) is 4.87. The highest BCUT2D eigenvalue weighted by Crippen LogP contribution is 2.54. The zero-order valence-electron chi connectivity index (χ0n) is 22.8. The summed E-state index contributed by atoms with van der Waals surface area (Å²) in [6.07, 6.45) is 0. The van der Waals surface area contributed by atoms with Gasteiger partial charge in [-0.25, -0.2) is 26.8 Å². The van der Waals surface area contributed by atoms with E-state index in [1.807, 2.05) is 0 Å². The lowest BCUT2D eigenvalue weighted by Crippen LogP contribution is -2.16. The number of para-hydroxylation sites is 2. The topological polar surface area (TPSA) is 186 Å². The van der Waals surface area contributed by atoms with Gasteiger partial charge in [0.15, 0.2) is 22.8 Å². The minimum Gasteiger partial charge on any atom is -0.744 e. The molecule has 0 aromatic heterocycles. The molecule has 12 nitrogen and oxygen atoms in total. The van der Waals surface area contributed by atoms with Crippen LogP contribution < -0.4 is 20.7 Å². The van der Waals surface area contributed by atoms with E-state index in [1.165, 1.54) is 12.1 Å². The summed E-state index contributed by atoms with van der Waals surface area (Å²) < 4.78 is 85.4. The molecule has 2 heterocycles. The number of fused-ring (bicyclic) bond motifs is 4. The molecule has 7 rings (SSSR count). The van der Waals surface area contributed by atoms with E-state index in [0.717, 1.165) is 12.1 Å². The van der Waals surface area contributed by atoms with Gasteiger partial charge in [0.05, 0.1) is 32.2 Å². The average Bonchev–Trinajstić information content (AvgIpc) is 3.02. The molecule has 0 amide bonds. The van der Waals surface area contributed by atoms with Gasteiger partial charge in [-0.15, -0.1) is 0 Å². The molecule has 232 valence electrons. The van der Waals surface area contributed by atoms with Crippen LogP contribution in [0, 0.1) is 0 Å². The number of hydrogen-bond donors (Lipinski definition) is 2. The summed E-state index contributed by atoms with van der Waals surface area (Å²) >= 11 is 13.5. The van der Waals surface area contributed by atoms with Gasteiger partial charge < -0.3 is 28.9 Å². The second-order valence-corrected chi connectivity index (χ2v) is 13.4. The number of nitrogens with one attached hydrogen (secondary N) is 2. The summed E-state index contributed by atoms with van der Waals surface area (Å²) in [4.78, 5) is 7.57. The number of hydrogen-bond acceptors (Lipinski definition) is 12. The van der Waals surface area contributed by atoms with Gasteiger partial charge in [-0.2, -0.15) is 0 Å². The van der Waals surface area contributed by atoms with Crippen molar-refractivity contribution < 1.29 is 35.1 Å². The van der Waals surface area contributed by atoms with Crippen molar-refractivity contribution in [3.05, 3.63) is 100 Å². The van der Waals surface area contributed by atoms with Crippen molar-refractivity contribution >= 4 is 83.0 Å². The Labute approximate surface area is 270 Å². The lowest BCUT2D eigenvalue weighted by atomic mass is 10.1. The molecule has 0 radical (unpaired) electrons. The normalized spacial score (nSPS) is 13.2. The van der Waals surface area contributed by atoms with Crippen LogP contribution in [-0.2, 0) is 20.2 Å². The fraction of sp³-hybridized carbons (Fsp3) is 0. The summed E-state index contributed by atoms with van der Waals surface area (Å²) in [7, 11) is -9.95. The highest BCUT2D eigenvalue weighted by molar-refractivity contribution is 7.86. The van der Waals surface area contributed by atoms with E-state index in [4.69, 9.17) is 32.4 Å². The summed E-state index contributed by atoms with van der Waals surface area (Å²) in [5, 5.41) is 5.53. The monoisotopic (exact) mass is 694 g/mol. The first kappa shape index (κ1) is 30.0. The molecule has 0 spiro atoms. The van der Waals surface area contributed by atoms with Crippen molar-refractivity contribution in [2.45, 2.75) is 9.79 Å². The summed E-state index contributed by atoms with van der Waals surface area (Å²) in [6.45, 7) is 0. The Kier molecular flexibility index (Phi) is 7.15. The Balaban J connectivity index is 1.41. The molecule has 2 N–H and O–H groups in total. The number of nitrogens with zero attached hydrogens (tertiary/aromatic N) is 2. The van der Waals surface area contributed by atoms with Crippen molar-refractivity contribution in [2.24, 2.45) is 4.99 Å². The first-order valence-electron chi connectivity index (χ1n) is 13.1. The van der Waals surface area contributed by atoms with Crippen LogP contribution >= 0.6 is 23.2 Å². The van der Waals surface area contributed by atoms with Gasteiger partial charge >= 0.3 is 0 Å². The fourth-order valence-corrected chi connectivity index (χ4v) is 6.65. The van der Waals surface area contributed by atoms with Crippen molar-refractivity contribution in [3.63, 3.8) is 0 Å². The predicted molar refractivity (Wildman–Crippen MR) is 168 cm³/mol. The molecule has 2 aliphatic heterocycles. The van der Waals surface area contributed by atoms with Crippen LogP contribution in [0.3, 0.4) is 0 Å². The minimum absolute atomic E-state index is 0.00974. The van der Waals surface area contributed by atoms with Crippen molar-refractivity contribution in [2.75, 3.05) is 10.6 Å². The second-order valence-electron chi connectivity index (χ2n) is 9.93. The molecule has 16 heteroatoms. The van der Waals surface area contributed by atoms with Crippen LogP contribution in [0.4, 0.5) is 28.4 Å². The average molecular weight is 696 g/mol. The predicted octanol–water partition coefficient (Wildman–Crippen LogP) is 6.87. The van der Waals surface area contributed by atoms with Crippen molar-refractivity contribution in [1.82, 2.24) is 4.98 Å². The molecule has 4 aromatic carbocycles. The second kappa shape index (κ2) is 11.0. The first-order valence-corrected chi connectivity index (χ1v) is 16.7. The van der Waals surface area contributed by atoms with Crippen LogP contribution in [-0.4, -0.2) is 30.9 Å². The van der Waals surface area contributed by atoms with E-state index in [-0.39, 0.29) is 66.5 Å². The molecule has 3 aliphatic rings. The van der Waals surface area contributed by atoms with Crippen LogP contribution in [0.2, 0.25) is 10.0 Å². The van der Waals surface area contributed by atoms with Crippen LogP contribution in [0.15, 0.2) is 104 Å². The van der Waals surface area contributed by atoms with E-state index in [1.54, 1.807) is 60.7 Å². The van der Waals surface area contributed by atoms with E-state index in [2.05, 4.69) is 20.6 Å². The van der Waals surface area contributed by atoms with E-state index in [0.29, 0.717) is 11.4 Å². The number of rotatable bonds is 5. The molecule has 0 bridgehead atoms. The maximum absolute atomic E-state index is 12.2. The standard InChI is InChI=1S/C30H18Cl2N4O8S2/c31-25-28-30(44-22-12-20(34-16-9-5-2-6-10-16)24(46(40,41)42)14-18(22)36-28)26(32)27-29(25)43-21-11-19(33-15-7-3-1-4-8-15)23(45(37,38)39)13-17(21)35-27/h1-14,33,35H,(H,37,38,39)(H,40,41,42)/p-2. The molecule has 4 aromatic rings.